The smallest absolute Gasteiger partial charge is 0.197 e. The van der Waals surface area contributed by atoms with Crippen LogP contribution in [0.1, 0.15) is 0 Å². The Morgan fingerprint density at radius 3 is 2.33 bits per heavy atom. The number of hydrogen-bond acceptors (Lipinski definition) is 4. The summed E-state index contributed by atoms with van der Waals surface area (Å²) in [5.74, 6) is 0.815. The first-order chi connectivity index (χ1) is 4.27. The van der Waals surface area contributed by atoms with E-state index in [1.54, 1.807) is 6.08 Å². The molecule has 0 fully saturated rings. The average Bonchev–Trinajstić information content (AvgIpc) is 1.88. The highest BCUT2D eigenvalue weighted by molar-refractivity contribution is 8.23. The first-order valence-electron chi connectivity index (χ1n) is 1.97. The largest absolute Gasteiger partial charge is 0.385 e. The predicted molar refractivity (Wildman–Crippen MR) is 47.6 cm³/mol. The van der Waals surface area contributed by atoms with Gasteiger partial charge in [-0.05, 0) is 0 Å². The molecule has 0 aliphatic heterocycles. The molecule has 0 spiro atoms. The van der Waals surface area contributed by atoms with Gasteiger partial charge in [0, 0.05) is 5.75 Å². The van der Waals surface area contributed by atoms with Crippen molar-refractivity contribution in [2.24, 2.45) is 5.73 Å². The van der Waals surface area contributed by atoms with Crippen LogP contribution < -0.4 is 5.73 Å². The van der Waals surface area contributed by atoms with Crippen molar-refractivity contribution in [2.75, 3.05) is 5.75 Å². The second-order valence-corrected chi connectivity index (χ2v) is 2.68. The van der Waals surface area contributed by atoms with Crippen LogP contribution in [-0.2, 0) is 12.5 Å². The molecule has 52 valence electrons. The molecule has 2 nitrogen and oxygen atoms in total. The maximum absolute atomic E-state index is 7.83. The predicted octanol–water partition coefficient (Wildman–Crippen LogP) is 0.813. The molecular weight excluding hydrogens is 174 g/mol. The summed E-state index contributed by atoms with van der Waals surface area (Å²) in [4.78, 5) is 0. The van der Waals surface area contributed by atoms with E-state index in [0.29, 0.717) is 4.32 Å². The third-order valence-corrected chi connectivity index (χ3v) is 1.38. The Labute approximate surface area is 69.4 Å². The molecule has 0 atom stereocenters. The summed E-state index contributed by atoms with van der Waals surface area (Å²) in [6, 6.07) is 0. The van der Waals surface area contributed by atoms with Crippen molar-refractivity contribution in [1.29, 1.82) is 0 Å². The van der Waals surface area contributed by atoms with Gasteiger partial charge in [0.25, 0.3) is 0 Å². The molecule has 0 aliphatic rings. The zero-order chi connectivity index (χ0) is 7.70. The third kappa shape index (κ3) is 18.0. The van der Waals surface area contributed by atoms with Crippen molar-refractivity contribution in [1.82, 2.24) is 0 Å². The van der Waals surface area contributed by atoms with Crippen molar-refractivity contribution in [3.8, 4) is 0 Å². The molecule has 0 aromatic rings. The number of nitrogens with two attached hydrogens (primary N) is 1. The quantitative estimate of drug-likeness (QED) is 0.504. The highest BCUT2D eigenvalue weighted by Crippen LogP contribution is 1.97. The molecule has 9 heavy (non-hydrogen) atoms. The molecule has 0 unspecified atom stereocenters. The first kappa shape index (κ1) is 11.8. The maximum Gasteiger partial charge on any atom is 0.197 e. The highest BCUT2D eigenvalue weighted by atomic mass is 32.2. The molecule has 0 rings (SSSR count). The van der Waals surface area contributed by atoms with Gasteiger partial charge in [-0.25, -0.2) is 0 Å². The van der Waals surface area contributed by atoms with Crippen LogP contribution >= 0.6 is 24.0 Å². The molecule has 0 aliphatic carbocycles. The van der Waals surface area contributed by atoms with Crippen LogP contribution in [0.4, 0.5) is 0 Å². The van der Waals surface area contributed by atoms with E-state index < -0.39 is 0 Å². The topological polar surface area (TPSA) is 43.1 Å². The van der Waals surface area contributed by atoms with E-state index in [-0.39, 0.29) is 0 Å². The molecule has 0 radical (unpaired) electrons. The van der Waals surface area contributed by atoms with Crippen LogP contribution in [0, 0.1) is 0 Å². The molecule has 0 amide bonds. The normalized spacial score (nSPS) is 6.67. The van der Waals surface area contributed by atoms with Crippen molar-refractivity contribution < 1.29 is 4.21 Å². The summed E-state index contributed by atoms with van der Waals surface area (Å²) >= 11 is 8.81. The number of thioether (sulfide) groups is 1. The van der Waals surface area contributed by atoms with Gasteiger partial charge in [-0.2, -0.15) is 4.21 Å². The Balaban J connectivity index is 0. The summed E-state index contributed by atoms with van der Waals surface area (Å²) in [5.41, 5.74) is 5.13. The Bertz CT molecular complexity index is 95.8. The standard InChI is InChI=1S/C4H7NS2.OS/c1-2-3-7-4(5)6;1-2/h2H,1,3H2,(H2,5,6);. The Kier molecular flexibility index (Phi) is 14.2. The van der Waals surface area contributed by atoms with Crippen molar-refractivity contribution in [3.63, 3.8) is 0 Å². The van der Waals surface area contributed by atoms with Crippen molar-refractivity contribution in [2.45, 2.75) is 0 Å². The minimum absolute atomic E-state index is 0.486. The van der Waals surface area contributed by atoms with Crippen LogP contribution in [0.5, 0.6) is 0 Å². The van der Waals surface area contributed by atoms with Gasteiger partial charge in [-0.3, -0.25) is 0 Å². The molecule has 0 saturated carbocycles. The molecular formula is C4H7NOS3. The Morgan fingerprint density at radius 1 is 1.78 bits per heavy atom. The van der Waals surface area contributed by atoms with E-state index in [1.165, 1.54) is 11.8 Å². The third-order valence-electron chi connectivity index (χ3n) is 0.343. The van der Waals surface area contributed by atoms with E-state index in [9.17, 15) is 0 Å². The lowest BCUT2D eigenvalue weighted by Gasteiger charge is -1.87. The minimum atomic E-state index is 0.486. The fourth-order valence-electron chi connectivity index (χ4n) is 0.141. The van der Waals surface area contributed by atoms with Gasteiger partial charge in [0.15, 0.2) is 12.5 Å². The van der Waals surface area contributed by atoms with Crippen LogP contribution in [-0.4, -0.2) is 14.3 Å². The molecule has 0 aromatic carbocycles. The van der Waals surface area contributed by atoms with Gasteiger partial charge in [-0.1, -0.05) is 30.1 Å². The molecule has 0 bridgehead atoms. The van der Waals surface area contributed by atoms with Crippen LogP contribution in [0.3, 0.4) is 0 Å². The first-order valence-corrected chi connectivity index (χ1v) is 3.70. The molecule has 2 N–H and O–H groups in total. The fraction of sp³-hybridized carbons (Fsp3) is 0.250. The van der Waals surface area contributed by atoms with E-state index in [1.807, 2.05) is 0 Å². The van der Waals surface area contributed by atoms with Gasteiger partial charge in [0.2, 0.25) is 0 Å². The van der Waals surface area contributed by atoms with Gasteiger partial charge < -0.3 is 5.73 Å². The Morgan fingerprint density at radius 2 is 2.22 bits per heavy atom. The van der Waals surface area contributed by atoms with Gasteiger partial charge >= 0.3 is 0 Å². The van der Waals surface area contributed by atoms with E-state index >= 15 is 0 Å². The van der Waals surface area contributed by atoms with Gasteiger partial charge in [0.05, 0.1) is 0 Å². The van der Waals surface area contributed by atoms with Crippen molar-refractivity contribution >= 4 is 40.8 Å². The second-order valence-electron chi connectivity index (χ2n) is 0.919. The summed E-state index contributed by atoms with van der Waals surface area (Å²) in [7, 11) is 0. The minimum Gasteiger partial charge on any atom is -0.385 e. The lowest BCUT2D eigenvalue weighted by atomic mass is 10.8. The zero-order valence-electron chi connectivity index (χ0n) is 4.70. The van der Waals surface area contributed by atoms with Crippen LogP contribution in [0.2, 0.25) is 0 Å². The van der Waals surface area contributed by atoms with E-state index in [4.69, 9.17) is 9.94 Å². The number of hydrogen-bond donors (Lipinski definition) is 1. The lowest BCUT2D eigenvalue weighted by Crippen LogP contribution is -2.01. The number of thiocarbonyl (C=S) groups is 1. The van der Waals surface area contributed by atoms with Gasteiger partial charge in [-0.15, -0.1) is 6.58 Å². The van der Waals surface area contributed by atoms with E-state index in [0.717, 1.165) is 5.75 Å². The molecule has 0 heterocycles. The highest BCUT2D eigenvalue weighted by Gasteiger charge is 1.81. The Hall–Kier alpha value is -0.0000000000000000555. The average molecular weight is 181 g/mol. The molecule has 0 aromatic heterocycles. The summed E-state index contributed by atoms with van der Waals surface area (Å²) < 4.78 is 8.32. The fourth-order valence-corrected chi connectivity index (χ4v) is 0.627. The monoisotopic (exact) mass is 181 g/mol. The van der Waals surface area contributed by atoms with Crippen LogP contribution in [0.15, 0.2) is 12.7 Å². The summed E-state index contributed by atoms with van der Waals surface area (Å²) in [6.07, 6.45) is 1.77. The summed E-state index contributed by atoms with van der Waals surface area (Å²) in [6.45, 7) is 3.50. The second kappa shape index (κ2) is 10.9. The summed E-state index contributed by atoms with van der Waals surface area (Å²) in [5, 5.41) is 0. The van der Waals surface area contributed by atoms with Crippen LogP contribution in [0.25, 0.3) is 0 Å². The number of rotatable bonds is 2. The lowest BCUT2D eigenvalue weighted by molar-refractivity contribution is 0.702. The SMILES string of the molecule is C=CCSC(N)=S.O=S. The maximum atomic E-state index is 7.83. The van der Waals surface area contributed by atoms with E-state index in [2.05, 4.69) is 31.3 Å². The molecule has 5 heteroatoms. The van der Waals surface area contributed by atoms with Crippen molar-refractivity contribution in [3.05, 3.63) is 12.7 Å². The zero-order valence-corrected chi connectivity index (χ0v) is 7.15. The molecule has 0 saturated heterocycles. The van der Waals surface area contributed by atoms with Gasteiger partial charge in [0.1, 0.15) is 4.32 Å².